The van der Waals surface area contributed by atoms with Gasteiger partial charge >= 0.3 is 0 Å². The van der Waals surface area contributed by atoms with Crippen molar-refractivity contribution in [3.8, 4) is 61.6 Å². The van der Waals surface area contributed by atoms with Gasteiger partial charge < -0.3 is 4.57 Å². The van der Waals surface area contributed by atoms with Crippen molar-refractivity contribution < 1.29 is 0 Å². The number of nitrogens with zero attached hydrogens (tertiary/aromatic N) is 2. The van der Waals surface area contributed by atoms with E-state index in [-0.39, 0.29) is 10.8 Å². The third-order valence-corrected chi connectivity index (χ3v) is 12.5. The van der Waals surface area contributed by atoms with Crippen molar-refractivity contribution in [1.82, 2.24) is 9.55 Å². The molecule has 0 N–H and O–H groups in total. The number of hydrogen-bond acceptors (Lipinski definition) is 1. The minimum atomic E-state index is -0.170. The Kier molecular flexibility index (Phi) is 6.68. The van der Waals surface area contributed by atoms with E-state index in [4.69, 9.17) is 4.98 Å². The van der Waals surface area contributed by atoms with Gasteiger partial charge in [-0.1, -0.05) is 167 Å². The van der Waals surface area contributed by atoms with E-state index in [1.807, 2.05) is 0 Å². The van der Waals surface area contributed by atoms with Gasteiger partial charge in [0.1, 0.15) is 0 Å². The molecule has 2 heterocycles. The zero-order chi connectivity index (χ0) is 37.1. The van der Waals surface area contributed by atoms with Gasteiger partial charge in [-0.3, -0.25) is 0 Å². The smallest absolute Gasteiger partial charge is 0.0715 e. The number of rotatable bonds is 4. The van der Waals surface area contributed by atoms with Crippen LogP contribution < -0.4 is 0 Å². The highest BCUT2D eigenvalue weighted by molar-refractivity contribution is 6.21. The lowest BCUT2D eigenvalue weighted by Crippen LogP contribution is -2.19. The minimum Gasteiger partial charge on any atom is -0.309 e. The van der Waals surface area contributed by atoms with Crippen LogP contribution in [0.1, 0.15) is 49.9 Å². The topological polar surface area (TPSA) is 17.8 Å². The number of pyridine rings is 1. The normalized spacial score (nSPS) is 14.5. The number of hydrogen-bond donors (Lipinski definition) is 0. The fourth-order valence-electron chi connectivity index (χ4n) is 10.0. The van der Waals surface area contributed by atoms with Crippen molar-refractivity contribution in [3.05, 3.63) is 192 Å². The molecule has 0 bridgehead atoms. The summed E-state index contributed by atoms with van der Waals surface area (Å²) in [6.07, 6.45) is 0. The maximum atomic E-state index is 5.14. The van der Waals surface area contributed by atoms with Gasteiger partial charge in [-0.25, -0.2) is 4.98 Å². The van der Waals surface area contributed by atoms with E-state index in [9.17, 15) is 0 Å². The molecule has 2 heteroatoms. The molecule has 0 amide bonds. The molecular weight excluding hydrogens is 665 g/mol. The molecular formula is C53H40N2. The van der Waals surface area contributed by atoms with E-state index in [1.165, 1.54) is 66.3 Å². The summed E-state index contributed by atoms with van der Waals surface area (Å²) in [5.74, 6) is 0. The monoisotopic (exact) mass is 704 g/mol. The standard InChI is InChI=1S/C53H40N2/c1-52(2)41-24-14-11-21-38(41)46-49-47(39-22-12-15-25-42(39)53(49,3)4)51-48(50(46)52)40-23-13-16-26-45(40)55(51)37-29-27-33(28-30-37)36-31-43(34-17-7-5-8-18-34)54-44(32-36)35-19-9-6-10-20-35/h5-32H,1-4H3. The third-order valence-electron chi connectivity index (χ3n) is 12.5. The summed E-state index contributed by atoms with van der Waals surface area (Å²) in [4.78, 5) is 5.14. The van der Waals surface area contributed by atoms with Crippen molar-refractivity contribution >= 4 is 21.8 Å². The first-order valence-corrected chi connectivity index (χ1v) is 19.4. The predicted octanol–water partition coefficient (Wildman–Crippen LogP) is 13.8. The first kappa shape index (κ1) is 32.0. The second kappa shape index (κ2) is 11.5. The first-order chi connectivity index (χ1) is 26.8. The zero-order valence-corrected chi connectivity index (χ0v) is 31.6. The lowest BCUT2D eigenvalue weighted by Gasteiger charge is -2.27. The fourth-order valence-corrected chi connectivity index (χ4v) is 10.0. The Hall–Kier alpha value is -6.51. The average Bonchev–Trinajstić information content (AvgIpc) is 3.78. The van der Waals surface area contributed by atoms with Gasteiger partial charge in [0.15, 0.2) is 0 Å². The molecule has 2 aliphatic carbocycles. The Labute approximate surface area is 322 Å². The van der Waals surface area contributed by atoms with Crippen molar-refractivity contribution in [3.63, 3.8) is 0 Å². The molecule has 55 heavy (non-hydrogen) atoms. The highest BCUT2D eigenvalue weighted by Crippen LogP contribution is 2.63. The van der Waals surface area contributed by atoms with E-state index >= 15 is 0 Å². The maximum absolute atomic E-state index is 5.14. The maximum Gasteiger partial charge on any atom is 0.0715 e. The second-order valence-corrected chi connectivity index (χ2v) is 16.3. The van der Waals surface area contributed by atoms with Crippen LogP contribution in [-0.4, -0.2) is 9.55 Å². The molecule has 11 rings (SSSR count). The molecule has 0 saturated heterocycles. The molecule has 0 aliphatic heterocycles. The van der Waals surface area contributed by atoms with Crippen LogP contribution >= 0.6 is 0 Å². The molecule has 0 unspecified atom stereocenters. The highest BCUT2D eigenvalue weighted by Gasteiger charge is 2.47. The van der Waals surface area contributed by atoms with Gasteiger partial charge in [0.05, 0.1) is 22.4 Å². The van der Waals surface area contributed by atoms with Gasteiger partial charge in [-0.2, -0.15) is 0 Å². The summed E-state index contributed by atoms with van der Waals surface area (Å²) in [7, 11) is 0. The number of aromatic nitrogens is 2. The molecule has 262 valence electrons. The van der Waals surface area contributed by atoms with Gasteiger partial charge in [0.25, 0.3) is 0 Å². The lowest BCUT2D eigenvalue weighted by atomic mass is 9.75. The van der Waals surface area contributed by atoms with Crippen LogP contribution in [0.4, 0.5) is 0 Å². The molecule has 2 aliphatic rings. The van der Waals surface area contributed by atoms with Gasteiger partial charge in [0.2, 0.25) is 0 Å². The summed E-state index contributed by atoms with van der Waals surface area (Å²) in [6.45, 7) is 9.73. The van der Waals surface area contributed by atoms with E-state index in [0.717, 1.165) is 39.3 Å². The Bertz CT molecular complexity index is 2940. The molecule has 0 spiro atoms. The van der Waals surface area contributed by atoms with Gasteiger partial charge in [-0.05, 0) is 80.4 Å². The number of para-hydroxylation sites is 1. The van der Waals surface area contributed by atoms with Crippen LogP contribution in [0.3, 0.4) is 0 Å². The first-order valence-electron chi connectivity index (χ1n) is 19.4. The zero-order valence-electron chi connectivity index (χ0n) is 31.6. The quantitative estimate of drug-likeness (QED) is 0.178. The Morgan fingerprint density at radius 2 is 0.945 bits per heavy atom. The van der Waals surface area contributed by atoms with E-state index in [2.05, 4.69) is 202 Å². The van der Waals surface area contributed by atoms with Crippen LogP contribution in [0.25, 0.3) is 83.4 Å². The molecule has 2 aromatic heterocycles. The fraction of sp³-hybridized carbons (Fsp3) is 0.113. The molecule has 9 aromatic rings. The van der Waals surface area contributed by atoms with Crippen molar-refractivity contribution in [2.75, 3.05) is 0 Å². The number of benzene rings is 7. The van der Waals surface area contributed by atoms with Gasteiger partial charge in [-0.15, -0.1) is 0 Å². The summed E-state index contributed by atoms with van der Waals surface area (Å²) in [6, 6.07) is 62.0. The molecule has 2 nitrogen and oxygen atoms in total. The van der Waals surface area contributed by atoms with Crippen molar-refractivity contribution in [2.45, 2.75) is 38.5 Å². The summed E-state index contributed by atoms with van der Waals surface area (Å²) in [5.41, 5.74) is 21.1. The largest absolute Gasteiger partial charge is 0.309 e. The van der Waals surface area contributed by atoms with Crippen molar-refractivity contribution in [2.24, 2.45) is 0 Å². The van der Waals surface area contributed by atoms with E-state index in [0.29, 0.717) is 0 Å². The lowest BCUT2D eigenvalue weighted by molar-refractivity contribution is 0.651. The molecule has 0 saturated carbocycles. The summed E-state index contributed by atoms with van der Waals surface area (Å²) in [5, 5.41) is 2.68. The van der Waals surface area contributed by atoms with Crippen LogP contribution in [0.2, 0.25) is 0 Å². The second-order valence-electron chi connectivity index (χ2n) is 16.3. The Morgan fingerprint density at radius 3 is 1.56 bits per heavy atom. The SMILES string of the molecule is CC1(C)c2ccccc2-c2c1c1c(c3c4ccccc4n(-c4ccc(-c5cc(-c6ccccc6)nc(-c6ccccc6)c5)cc4)c23)C(C)(C)c2ccccc2-1. The molecule has 0 fully saturated rings. The molecule has 7 aromatic carbocycles. The van der Waals surface area contributed by atoms with Crippen LogP contribution in [0, 0.1) is 0 Å². The average molecular weight is 705 g/mol. The van der Waals surface area contributed by atoms with Crippen LogP contribution in [0.15, 0.2) is 170 Å². The van der Waals surface area contributed by atoms with Gasteiger partial charge in [0, 0.05) is 44.0 Å². The van der Waals surface area contributed by atoms with Crippen molar-refractivity contribution in [1.29, 1.82) is 0 Å². The van der Waals surface area contributed by atoms with E-state index in [1.54, 1.807) is 0 Å². The van der Waals surface area contributed by atoms with E-state index < -0.39 is 0 Å². The Morgan fingerprint density at radius 1 is 0.436 bits per heavy atom. The number of fused-ring (bicyclic) bond motifs is 12. The Balaban J connectivity index is 1.19. The summed E-state index contributed by atoms with van der Waals surface area (Å²) >= 11 is 0. The highest BCUT2D eigenvalue weighted by atomic mass is 15.0. The predicted molar refractivity (Wildman–Crippen MR) is 230 cm³/mol. The minimum absolute atomic E-state index is 0.170. The van der Waals surface area contributed by atoms with Crippen LogP contribution in [-0.2, 0) is 10.8 Å². The molecule has 0 radical (unpaired) electrons. The molecule has 0 atom stereocenters. The summed E-state index contributed by atoms with van der Waals surface area (Å²) < 4.78 is 2.56. The third kappa shape index (κ3) is 4.46. The van der Waals surface area contributed by atoms with Crippen LogP contribution in [0.5, 0.6) is 0 Å².